The first-order valence-corrected chi connectivity index (χ1v) is 16.2. The number of fused-ring (bicyclic) bond motifs is 1. The molecular formula is C32H33N8O5P. The average Bonchev–Trinajstić information content (AvgIpc) is 3.73. The molecule has 0 saturated heterocycles. The number of nitrogen functional groups attached to an aromatic ring is 1. The monoisotopic (exact) mass is 640 g/mol. The number of anilines is 1. The molecule has 6 aromatic rings. The van der Waals surface area contributed by atoms with Crippen molar-refractivity contribution in [3.05, 3.63) is 132 Å². The molecule has 6 rings (SSSR count). The van der Waals surface area contributed by atoms with Crippen LogP contribution in [0.2, 0.25) is 0 Å². The number of hydrogen-bond acceptors (Lipinski definition) is 11. The highest BCUT2D eigenvalue weighted by Gasteiger charge is 2.42. The number of hydrogen-bond donors (Lipinski definition) is 2. The summed E-state index contributed by atoms with van der Waals surface area (Å²) in [4.78, 5) is 12.6. The summed E-state index contributed by atoms with van der Waals surface area (Å²) in [5.41, 5.74) is 10.0. The molecule has 0 aliphatic heterocycles. The Morgan fingerprint density at radius 3 is 2.00 bits per heavy atom. The van der Waals surface area contributed by atoms with Gasteiger partial charge in [0.15, 0.2) is 17.3 Å². The van der Waals surface area contributed by atoms with E-state index in [2.05, 4.69) is 25.3 Å². The molecule has 0 radical (unpaired) electrons. The van der Waals surface area contributed by atoms with E-state index in [1.807, 2.05) is 91.0 Å². The normalized spacial score (nSPS) is 13.2. The zero-order valence-corrected chi connectivity index (χ0v) is 25.7. The Kier molecular flexibility index (Phi) is 9.87. The van der Waals surface area contributed by atoms with Crippen LogP contribution in [-0.2, 0) is 51.3 Å². The standard InChI is InChI=1S/C32H33N8O5P/c33-30-29-31(35-22-34-30)39(23-36-29)16-27-17-40(38-37-27)18-28(43-19-24-10-4-1-5-11-24)32(41)46(42,44-20-25-12-6-2-7-13-25)45-21-26-14-8-3-9-15-26/h1-15,17,22-23,28,32,41H,16,18-21H2,(H2,33,34,35)/t28-,32+/m0/s1. The van der Waals surface area contributed by atoms with Crippen molar-refractivity contribution in [3.63, 3.8) is 0 Å². The number of imidazole rings is 1. The van der Waals surface area contributed by atoms with Crippen molar-refractivity contribution < 1.29 is 23.5 Å². The van der Waals surface area contributed by atoms with Gasteiger partial charge in [-0.2, -0.15) is 0 Å². The first-order chi connectivity index (χ1) is 22.5. The zero-order chi connectivity index (χ0) is 31.8. The fourth-order valence-electron chi connectivity index (χ4n) is 4.76. The van der Waals surface area contributed by atoms with Crippen molar-refractivity contribution in [3.8, 4) is 0 Å². The molecule has 3 N–H and O–H groups in total. The lowest BCUT2D eigenvalue weighted by molar-refractivity contribution is -0.0384. The molecule has 13 nitrogen and oxygen atoms in total. The van der Waals surface area contributed by atoms with Crippen molar-refractivity contribution in [2.24, 2.45) is 0 Å². The van der Waals surface area contributed by atoms with Gasteiger partial charge in [-0.1, -0.05) is 96.2 Å². The van der Waals surface area contributed by atoms with Gasteiger partial charge in [-0.3, -0.25) is 4.57 Å². The highest BCUT2D eigenvalue weighted by Crippen LogP contribution is 2.55. The van der Waals surface area contributed by atoms with Crippen LogP contribution in [0.3, 0.4) is 0 Å². The van der Waals surface area contributed by atoms with E-state index in [9.17, 15) is 9.67 Å². The Morgan fingerprint density at radius 1 is 0.804 bits per heavy atom. The van der Waals surface area contributed by atoms with Crippen LogP contribution in [0.1, 0.15) is 22.4 Å². The van der Waals surface area contributed by atoms with Crippen molar-refractivity contribution in [2.75, 3.05) is 5.73 Å². The third kappa shape index (κ3) is 7.71. The van der Waals surface area contributed by atoms with E-state index in [1.165, 1.54) is 11.0 Å². The van der Waals surface area contributed by atoms with Crippen molar-refractivity contribution in [1.29, 1.82) is 0 Å². The number of aromatic nitrogens is 7. The largest absolute Gasteiger partial charge is 0.382 e. The number of rotatable bonds is 15. The lowest BCUT2D eigenvalue weighted by atomic mass is 10.2. The summed E-state index contributed by atoms with van der Waals surface area (Å²) in [7, 11) is -4.20. The van der Waals surface area contributed by atoms with E-state index in [0.717, 1.165) is 16.7 Å². The molecular weight excluding hydrogens is 607 g/mol. The number of ether oxygens (including phenoxy) is 1. The third-order valence-corrected chi connectivity index (χ3v) is 9.14. The molecule has 14 heteroatoms. The van der Waals surface area contributed by atoms with Gasteiger partial charge >= 0.3 is 7.60 Å². The second-order valence-corrected chi connectivity index (χ2v) is 12.7. The number of benzene rings is 3. The van der Waals surface area contributed by atoms with E-state index < -0.39 is 19.5 Å². The maximum atomic E-state index is 14.4. The van der Waals surface area contributed by atoms with Crippen LogP contribution in [0, 0.1) is 0 Å². The molecule has 0 spiro atoms. The molecule has 0 unspecified atom stereocenters. The molecule has 0 bridgehead atoms. The minimum Gasteiger partial charge on any atom is -0.382 e. The van der Waals surface area contributed by atoms with Crippen LogP contribution < -0.4 is 5.73 Å². The summed E-state index contributed by atoms with van der Waals surface area (Å²) in [6, 6.07) is 28.0. The van der Waals surface area contributed by atoms with Crippen LogP contribution in [-0.4, -0.2) is 51.6 Å². The van der Waals surface area contributed by atoms with Gasteiger partial charge in [0.25, 0.3) is 0 Å². The topological polar surface area (TPSA) is 165 Å². The van der Waals surface area contributed by atoms with E-state index in [4.69, 9.17) is 19.5 Å². The quantitative estimate of drug-likeness (QED) is 0.151. The van der Waals surface area contributed by atoms with Gasteiger partial charge < -0.3 is 29.2 Å². The SMILES string of the molecule is Nc1ncnc2c1ncn2Cc1cn(C[C@H](OCc2ccccc2)[C@H](O)P(=O)(OCc2ccccc2)OCc2ccccc2)nn1. The molecule has 236 valence electrons. The summed E-state index contributed by atoms with van der Waals surface area (Å²) < 4.78 is 35.8. The van der Waals surface area contributed by atoms with Crippen LogP contribution in [0.4, 0.5) is 5.82 Å². The second-order valence-electron chi connectivity index (χ2n) is 10.5. The minimum absolute atomic E-state index is 0.00811. The average molecular weight is 641 g/mol. The lowest BCUT2D eigenvalue weighted by Gasteiger charge is -2.29. The fourth-order valence-corrected chi connectivity index (χ4v) is 6.38. The first-order valence-electron chi connectivity index (χ1n) is 14.6. The minimum atomic E-state index is -4.20. The Bertz CT molecular complexity index is 1840. The number of aliphatic hydroxyl groups is 1. The fraction of sp³-hybridized carbons (Fsp3) is 0.219. The van der Waals surface area contributed by atoms with E-state index >= 15 is 0 Å². The predicted octanol–water partition coefficient (Wildman–Crippen LogP) is 4.58. The molecule has 0 aliphatic rings. The summed E-state index contributed by atoms with van der Waals surface area (Å²) >= 11 is 0. The maximum Gasteiger partial charge on any atom is 0.362 e. The van der Waals surface area contributed by atoms with Gasteiger partial charge in [-0.25, -0.2) is 19.6 Å². The van der Waals surface area contributed by atoms with Crippen LogP contribution in [0.15, 0.2) is 110 Å². The van der Waals surface area contributed by atoms with Gasteiger partial charge in [0, 0.05) is 0 Å². The summed E-state index contributed by atoms with van der Waals surface area (Å²) in [5, 5.41) is 20.3. The van der Waals surface area contributed by atoms with Crippen molar-refractivity contribution in [2.45, 2.75) is 44.9 Å². The highest BCUT2D eigenvalue weighted by atomic mass is 31.2. The summed E-state index contributed by atoms with van der Waals surface area (Å²) in [5.74, 6) is -1.37. The number of nitrogens with two attached hydrogens (primary N) is 1. The molecule has 0 amide bonds. The molecule has 0 fully saturated rings. The molecule has 0 aliphatic carbocycles. The van der Waals surface area contributed by atoms with Gasteiger partial charge in [0.1, 0.15) is 23.6 Å². The number of nitrogens with zero attached hydrogens (tertiary/aromatic N) is 7. The van der Waals surface area contributed by atoms with Gasteiger partial charge in [0.2, 0.25) is 0 Å². The lowest BCUT2D eigenvalue weighted by Crippen LogP contribution is -2.34. The molecule has 3 heterocycles. The molecule has 46 heavy (non-hydrogen) atoms. The van der Waals surface area contributed by atoms with Crippen LogP contribution in [0.25, 0.3) is 11.2 Å². The Hall–Kier alpha value is -4.78. The van der Waals surface area contributed by atoms with Crippen LogP contribution >= 0.6 is 7.60 Å². The molecule has 3 aromatic carbocycles. The van der Waals surface area contributed by atoms with Crippen LogP contribution in [0.5, 0.6) is 0 Å². The molecule has 2 atom stereocenters. The Morgan fingerprint density at radius 2 is 1.39 bits per heavy atom. The predicted molar refractivity (Wildman–Crippen MR) is 170 cm³/mol. The first kappa shape index (κ1) is 31.2. The van der Waals surface area contributed by atoms with E-state index in [-0.39, 0.29) is 32.2 Å². The van der Waals surface area contributed by atoms with Gasteiger partial charge in [-0.15, -0.1) is 5.10 Å². The number of aliphatic hydroxyl groups excluding tert-OH is 1. The Balaban J connectivity index is 1.24. The van der Waals surface area contributed by atoms with Gasteiger partial charge in [-0.05, 0) is 16.7 Å². The molecule has 0 saturated carbocycles. The van der Waals surface area contributed by atoms with Crippen molar-refractivity contribution >= 4 is 24.6 Å². The summed E-state index contributed by atoms with van der Waals surface area (Å²) in [6.07, 6.45) is 3.65. The van der Waals surface area contributed by atoms with E-state index in [1.54, 1.807) is 17.1 Å². The second kappa shape index (κ2) is 14.5. The molecule has 3 aromatic heterocycles. The highest BCUT2D eigenvalue weighted by molar-refractivity contribution is 7.54. The van der Waals surface area contributed by atoms with Crippen molar-refractivity contribution in [1.82, 2.24) is 34.5 Å². The maximum absolute atomic E-state index is 14.4. The summed E-state index contributed by atoms with van der Waals surface area (Å²) in [6.45, 7) is 0.396. The van der Waals surface area contributed by atoms with Gasteiger partial charge in [0.05, 0.1) is 45.4 Å². The zero-order valence-electron chi connectivity index (χ0n) is 24.8. The van der Waals surface area contributed by atoms with E-state index in [0.29, 0.717) is 23.4 Å². The Labute approximate surface area is 265 Å². The smallest absolute Gasteiger partial charge is 0.362 e. The third-order valence-electron chi connectivity index (χ3n) is 7.19.